The number of allylic oxidation sites excluding steroid dienone is 2. The lowest BCUT2D eigenvalue weighted by atomic mass is 9.79. The first-order chi connectivity index (χ1) is 31.5. The van der Waals surface area contributed by atoms with Crippen molar-refractivity contribution in [3.8, 4) is 44.5 Å². The van der Waals surface area contributed by atoms with Gasteiger partial charge < -0.3 is 4.90 Å². The SMILES string of the molecule is CC1(C)c2ccccc2-c2c(C3C=CC=CC3N(c3ccc(-c4cc5ccccc5c5ccccc45)cc3)c3ccc(-c4cccc5cccc(-c6ccccc6)c45)cc3)cccc21. The minimum atomic E-state index is -0.0775. The van der Waals surface area contributed by atoms with Gasteiger partial charge in [-0.15, -0.1) is 0 Å². The Kier molecular flexibility index (Phi) is 9.05. The van der Waals surface area contributed by atoms with E-state index in [0.29, 0.717) is 0 Å². The van der Waals surface area contributed by atoms with Crippen LogP contribution in [0.25, 0.3) is 76.8 Å². The minimum absolute atomic E-state index is 0.00723. The molecule has 0 radical (unpaired) electrons. The van der Waals surface area contributed by atoms with Crippen LogP contribution in [0.15, 0.2) is 237 Å². The maximum absolute atomic E-state index is 2.57. The zero-order valence-electron chi connectivity index (χ0n) is 36.1. The predicted molar refractivity (Wildman–Crippen MR) is 273 cm³/mol. The van der Waals surface area contributed by atoms with Crippen LogP contribution in [-0.2, 0) is 5.41 Å². The Morgan fingerprint density at radius 2 is 0.922 bits per heavy atom. The van der Waals surface area contributed by atoms with Crippen molar-refractivity contribution in [2.45, 2.75) is 31.2 Å². The Hall–Kier alpha value is -7.74. The summed E-state index contributed by atoms with van der Waals surface area (Å²) in [5.74, 6) is 0.0946. The molecule has 10 aromatic rings. The first kappa shape index (κ1) is 38.0. The Bertz CT molecular complexity index is 3460. The lowest BCUT2D eigenvalue weighted by Gasteiger charge is -2.38. The molecule has 1 nitrogen and oxygen atoms in total. The third-order valence-corrected chi connectivity index (χ3v) is 14.1. The van der Waals surface area contributed by atoms with Gasteiger partial charge in [0.2, 0.25) is 0 Å². The van der Waals surface area contributed by atoms with Crippen molar-refractivity contribution in [1.29, 1.82) is 0 Å². The van der Waals surface area contributed by atoms with Gasteiger partial charge in [0.15, 0.2) is 0 Å². The zero-order valence-corrected chi connectivity index (χ0v) is 36.1. The summed E-state index contributed by atoms with van der Waals surface area (Å²) in [5, 5.41) is 7.61. The van der Waals surface area contributed by atoms with Crippen LogP contribution in [0.5, 0.6) is 0 Å². The smallest absolute Gasteiger partial charge is 0.0628 e. The quantitative estimate of drug-likeness (QED) is 0.145. The molecule has 304 valence electrons. The van der Waals surface area contributed by atoms with Crippen LogP contribution in [-0.4, -0.2) is 6.04 Å². The van der Waals surface area contributed by atoms with Crippen LogP contribution < -0.4 is 4.90 Å². The lowest BCUT2D eigenvalue weighted by molar-refractivity contribution is 0.656. The molecule has 64 heavy (non-hydrogen) atoms. The van der Waals surface area contributed by atoms with Crippen molar-refractivity contribution < 1.29 is 0 Å². The molecule has 0 spiro atoms. The summed E-state index contributed by atoms with van der Waals surface area (Å²) in [6.07, 6.45) is 9.31. The largest absolute Gasteiger partial charge is 0.334 e. The van der Waals surface area contributed by atoms with Crippen LogP contribution in [0.2, 0.25) is 0 Å². The van der Waals surface area contributed by atoms with E-state index in [4.69, 9.17) is 0 Å². The summed E-state index contributed by atoms with van der Waals surface area (Å²) in [7, 11) is 0. The Balaban J connectivity index is 1.01. The van der Waals surface area contributed by atoms with Gasteiger partial charge in [-0.25, -0.2) is 0 Å². The third-order valence-electron chi connectivity index (χ3n) is 14.1. The summed E-state index contributed by atoms with van der Waals surface area (Å²) in [4.78, 5) is 2.57. The van der Waals surface area contributed by atoms with Crippen molar-refractivity contribution in [3.63, 3.8) is 0 Å². The van der Waals surface area contributed by atoms with E-state index in [9.17, 15) is 0 Å². The van der Waals surface area contributed by atoms with Crippen LogP contribution in [0.4, 0.5) is 11.4 Å². The average molecular weight is 818 g/mol. The fourth-order valence-corrected chi connectivity index (χ4v) is 11.0. The summed E-state index contributed by atoms with van der Waals surface area (Å²) in [6, 6.07) is 78.7. The maximum atomic E-state index is 2.57. The highest BCUT2D eigenvalue weighted by Gasteiger charge is 2.39. The van der Waals surface area contributed by atoms with Crippen molar-refractivity contribution in [1.82, 2.24) is 0 Å². The van der Waals surface area contributed by atoms with Gasteiger partial charge in [0.1, 0.15) is 0 Å². The van der Waals surface area contributed by atoms with Gasteiger partial charge in [-0.3, -0.25) is 0 Å². The second-order valence-corrected chi connectivity index (χ2v) is 18.0. The molecule has 0 N–H and O–H groups in total. The average Bonchev–Trinajstić information content (AvgIpc) is 3.60. The van der Waals surface area contributed by atoms with E-state index < -0.39 is 0 Å². The Labute approximate surface area is 375 Å². The number of fused-ring (bicyclic) bond motifs is 7. The van der Waals surface area contributed by atoms with Gasteiger partial charge in [0, 0.05) is 22.7 Å². The standard InChI is InChI=1S/C63H47N/c1-63(2)58-30-12-10-26-56(58)62-55(29-16-31-59(62)63)54-25-11-13-32-60(54)64(48-39-35-44(36-40-48)57-41-46-19-6-7-22-49(46)52-23-8-9-24-53(52)57)47-37-33-43(34-38-47)51-28-15-21-45-20-14-27-50(61(45)51)42-17-4-3-5-18-42/h3-41,54,60H,1-2H3. The molecule has 0 bridgehead atoms. The summed E-state index contributed by atoms with van der Waals surface area (Å²) in [6.45, 7) is 4.75. The monoisotopic (exact) mass is 817 g/mol. The molecule has 0 aliphatic heterocycles. The number of benzene rings is 10. The summed E-state index contributed by atoms with van der Waals surface area (Å²) >= 11 is 0. The first-order valence-corrected chi connectivity index (χ1v) is 22.6. The third kappa shape index (κ3) is 6.15. The topological polar surface area (TPSA) is 3.24 Å². The van der Waals surface area contributed by atoms with E-state index >= 15 is 0 Å². The molecule has 2 unspecified atom stereocenters. The molecule has 0 fully saturated rings. The molecular weight excluding hydrogens is 771 g/mol. The molecule has 0 aromatic heterocycles. The minimum Gasteiger partial charge on any atom is -0.334 e. The molecule has 10 aromatic carbocycles. The number of rotatable bonds is 7. The highest BCUT2D eigenvalue weighted by molar-refractivity contribution is 6.14. The number of nitrogens with zero attached hydrogens (tertiary/aromatic N) is 1. The highest BCUT2D eigenvalue weighted by Crippen LogP contribution is 2.53. The van der Waals surface area contributed by atoms with Gasteiger partial charge in [0.05, 0.1) is 6.04 Å². The summed E-state index contributed by atoms with van der Waals surface area (Å²) < 4.78 is 0. The van der Waals surface area contributed by atoms with E-state index in [1.165, 1.54) is 93.5 Å². The van der Waals surface area contributed by atoms with Crippen molar-refractivity contribution >= 4 is 43.7 Å². The van der Waals surface area contributed by atoms with Gasteiger partial charge in [-0.05, 0) is 124 Å². The Morgan fingerprint density at radius 3 is 1.66 bits per heavy atom. The molecule has 1 heteroatoms. The van der Waals surface area contributed by atoms with Crippen molar-refractivity contribution in [2.24, 2.45) is 0 Å². The van der Waals surface area contributed by atoms with Gasteiger partial charge >= 0.3 is 0 Å². The van der Waals surface area contributed by atoms with Gasteiger partial charge in [-0.2, -0.15) is 0 Å². The maximum Gasteiger partial charge on any atom is 0.0628 e. The van der Waals surface area contributed by atoms with Crippen LogP contribution in [0.3, 0.4) is 0 Å². The molecule has 2 aliphatic rings. The second-order valence-electron chi connectivity index (χ2n) is 18.0. The van der Waals surface area contributed by atoms with Crippen molar-refractivity contribution in [2.75, 3.05) is 4.90 Å². The van der Waals surface area contributed by atoms with E-state index in [-0.39, 0.29) is 17.4 Å². The molecule has 0 heterocycles. The molecule has 2 atom stereocenters. The van der Waals surface area contributed by atoms with Crippen LogP contribution in [0, 0.1) is 0 Å². The van der Waals surface area contributed by atoms with E-state index in [2.05, 4.69) is 255 Å². The highest BCUT2D eigenvalue weighted by atomic mass is 15.2. The van der Waals surface area contributed by atoms with E-state index in [1.807, 2.05) is 0 Å². The molecule has 0 saturated heterocycles. The second kappa shape index (κ2) is 15.3. The predicted octanol–water partition coefficient (Wildman–Crippen LogP) is 16.9. The number of anilines is 2. The molecule has 12 rings (SSSR count). The lowest BCUT2D eigenvalue weighted by Crippen LogP contribution is -2.35. The molecular formula is C63H47N. The van der Waals surface area contributed by atoms with Gasteiger partial charge in [0.25, 0.3) is 0 Å². The molecule has 0 saturated carbocycles. The summed E-state index contributed by atoms with van der Waals surface area (Å²) in [5.41, 5.74) is 16.5. The first-order valence-electron chi connectivity index (χ1n) is 22.6. The van der Waals surface area contributed by atoms with E-state index in [0.717, 1.165) is 11.4 Å². The van der Waals surface area contributed by atoms with Crippen LogP contribution >= 0.6 is 0 Å². The zero-order chi connectivity index (χ0) is 42.8. The fraction of sp³-hybridized carbons (Fsp3) is 0.0794. The van der Waals surface area contributed by atoms with E-state index in [1.54, 1.807) is 0 Å². The number of hydrogen-bond acceptors (Lipinski definition) is 1. The van der Waals surface area contributed by atoms with Crippen LogP contribution in [0.1, 0.15) is 36.5 Å². The van der Waals surface area contributed by atoms with Crippen molar-refractivity contribution in [3.05, 3.63) is 253 Å². The molecule has 2 aliphatic carbocycles. The Morgan fingerprint density at radius 1 is 0.391 bits per heavy atom. The number of hydrogen-bond donors (Lipinski definition) is 0. The molecule has 0 amide bonds. The normalized spacial score (nSPS) is 16.0. The van der Waals surface area contributed by atoms with Gasteiger partial charge in [-0.1, -0.05) is 220 Å². The fourth-order valence-electron chi connectivity index (χ4n) is 11.0.